The molecule has 2 heterocycles. The van der Waals surface area contributed by atoms with Gasteiger partial charge in [-0.05, 0) is 56.9 Å². The third-order valence-corrected chi connectivity index (χ3v) is 8.90. The van der Waals surface area contributed by atoms with Gasteiger partial charge in [-0.3, -0.25) is 9.59 Å². The molecule has 2 aromatic heterocycles. The summed E-state index contributed by atoms with van der Waals surface area (Å²) < 4.78 is 11.6. The van der Waals surface area contributed by atoms with E-state index in [-0.39, 0.29) is 17.7 Å². The van der Waals surface area contributed by atoms with Gasteiger partial charge in [0.15, 0.2) is 0 Å². The van der Waals surface area contributed by atoms with E-state index in [4.69, 9.17) is 8.83 Å². The SMILES string of the molecule is CCCCC(NC(=O)Cc1c(C)c2cc3c(C)c(C)oc3c(C)c2oc1=O)C(=O)N[C@@H](CSCc1ccccc1)C(=O)O. The van der Waals surface area contributed by atoms with Crippen LogP contribution >= 0.6 is 11.8 Å². The lowest BCUT2D eigenvalue weighted by molar-refractivity contribution is -0.141. The largest absolute Gasteiger partial charge is 0.480 e. The molecule has 2 atom stereocenters. The number of amides is 2. The molecule has 43 heavy (non-hydrogen) atoms. The standard InChI is InChI=1S/C33H38N2O7S/c1-6-7-13-26(31(37)35-27(32(38)39)17-43-16-22-11-9-8-10-12-22)34-28(36)15-25-19(3)24-14-23-18(2)21(5)41-29(23)20(4)30(24)42-33(25)40/h8-12,14,26-27H,6-7,13,15-17H2,1-5H3,(H,34,36)(H,35,37)(H,38,39)/t26?,27-/m0/s1. The molecule has 3 N–H and O–H groups in total. The van der Waals surface area contributed by atoms with Gasteiger partial charge in [0, 0.05) is 27.8 Å². The Morgan fingerprint density at radius 3 is 2.26 bits per heavy atom. The van der Waals surface area contributed by atoms with Gasteiger partial charge in [0.1, 0.15) is 29.0 Å². The zero-order valence-electron chi connectivity index (χ0n) is 25.2. The lowest BCUT2D eigenvalue weighted by Gasteiger charge is -2.21. The first-order valence-electron chi connectivity index (χ1n) is 14.4. The third-order valence-electron chi connectivity index (χ3n) is 7.79. The van der Waals surface area contributed by atoms with Gasteiger partial charge in [-0.15, -0.1) is 0 Å². The summed E-state index contributed by atoms with van der Waals surface area (Å²) in [7, 11) is 0. The van der Waals surface area contributed by atoms with Gasteiger partial charge >= 0.3 is 11.6 Å². The average Bonchev–Trinajstić information content (AvgIpc) is 3.27. The Labute approximate surface area is 254 Å². The molecule has 0 spiro atoms. The van der Waals surface area contributed by atoms with Crippen molar-refractivity contribution in [2.75, 3.05) is 5.75 Å². The van der Waals surface area contributed by atoms with Crippen LogP contribution in [0.15, 0.2) is 50.0 Å². The minimum Gasteiger partial charge on any atom is -0.480 e. The molecule has 0 saturated heterocycles. The highest BCUT2D eigenvalue weighted by molar-refractivity contribution is 7.98. The predicted molar refractivity (Wildman–Crippen MR) is 169 cm³/mol. The maximum absolute atomic E-state index is 13.2. The fourth-order valence-corrected chi connectivity index (χ4v) is 6.10. The highest BCUT2D eigenvalue weighted by atomic mass is 32.2. The maximum Gasteiger partial charge on any atom is 0.340 e. The van der Waals surface area contributed by atoms with Crippen LogP contribution in [0, 0.1) is 27.7 Å². The number of furan rings is 1. The molecule has 0 fully saturated rings. The van der Waals surface area contributed by atoms with Crippen LogP contribution in [-0.2, 0) is 26.6 Å². The smallest absolute Gasteiger partial charge is 0.340 e. The number of hydrogen-bond donors (Lipinski definition) is 3. The summed E-state index contributed by atoms with van der Waals surface area (Å²) in [5.74, 6) is -0.681. The number of rotatable bonds is 13. The first-order valence-corrected chi connectivity index (χ1v) is 15.6. The van der Waals surface area contributed by atoms with Crippen LogP contribution in [0.5, 0.6) is 0 Å². The molecular formula is C33H38N2O7S. The van der Waals surface area contributed by atoms with Gasteiger partial charge < -0.3 is 24.6 Å². The van der Waals surface area contributed by atoms with Crippen molar-refractivity contribution in [1.29, 1.82) is 0 Å². The Bertz CT molecular complexity index is 1710. The van der Waals surface area contributed by atoms with Crippen molar-refractivity contribution >= 4 is 51.5 Å². The quantitative estimate of drug-likeness (QED) is 0.170. The Morgan fingerprint density at radius 2 is 1.58 bits per heavy atom. The monoisotopic (exact) mass is 606 g/mol. The van der Waals surface area contributed by atoms with E-state index in [1.807, 2.05) is 64.1 Å². The molecule has 2 amide bonds. The van der Waals surface area contributed by atoms with Crippen LogP contribution in [0.4, 0.5) is 0 Å². The lowest BCUT2D eigenvalue weighted by atomic mass is 9.98. The molecular weight excluding hydrogens is 568 g/mol. The van der Waals surface area contributed by atoms with E-state index in [1.165, 1.54) is 11.8 Å². The summed E-state index contributed by atoms with van der Waals surface area (Å²) >= 11 is 1.40. The maximum atomic E-state index is 13.2. The normalized spacial score (nSPS) is 12.8. The van der Waals surface area contributed by atoms with E-state index in [1.54, 1.807) is 6.92 Å². The summed E-state index contributed by atoms with van der Waals surface area (Å²) in [5, 5.41) is 16.7. The number of benzene rings is 2. The van der Waals surface area contributed by atoms with Crippen LogP contribution in [0.25, 0.3) is 21.9 Å². The topological polar surface area (TPSA) is 139 Å². The van der Waals surface area contributed by atoms with Crippen molar-refractivity contribution in [2.45, 2.75) is 78.1 Å². The molecule has 228 valence electrons. The number of aryl methyl sites for hydroxylation is 4. The number of carboxylic acids is 1. The summed E-state index contributed by atoms with van der Waals surface area (Å²) in [6.45, 7) is 9.42. The summed E-state index contributed by atoms with van der Waals surface area (Å²) in [4.78, 5) is 51.4. The first kappa shape index (κ1) is 31.9. The van der Waals surface area contributed by atoms with Gasteiger partial charge in [0.05, 0.1) is 12.0 Å². The minimum absolute atomic E-state index is 0.171. The highest BCUT2D eigenvalue weighted by Crippen LogP contribution is 2.34. The molecule has 0 saturated carbocycles. The Morgan fingerprint density at radius 1 is 0.907 bits per heavy atom. The lowest BCUT2D eigenvalue weighted by Crippen LogP contribution is -2.52. The van der Waals surface area contributed by atoms with Gasteiger partial charge in [-0.2, -0.15) is 11.8 Å². The molecule has 4 aromatic rings. The molecule has 4 rings (SSSR count). The summed E-state index contributed by atoms with van der Waals surface area (Å²) in [6.07, 6.45) is 1.48. The van der Waals surface area contributed by atoms with Gasteiger partial charge in [-0.25, -0.2) is 9.59 Å². The van der Waals surface area contributed by atoms with Crippen LogP contribution in [-0.4, -0.2) is 40.7 Å². The molecule has 0 aliphatic heterocycles. The summed E-state index contributed by atoms with van der Waals surface area (Å²) in [5.41, 5.74) is 4.05. The number of thioether (sulfide) groups is 1. The molecule has 9 nitrogen and oxygen atoms in total. The van der Waals surface area contributed by atoms with Gasteiger partial charge in [0.25, 0.3) is 0 Å². The van der Waals surface area contributed by atoms with Crippen molar-refractivity contribution in [3.63, 3.8) is 0 Å². The van der Waals surface area contributed by atoms with E-state index in [0.717, 1.165) is 28.7 Å². The van der Waals surface area contributed by atoms with Gasteiger partial charge in [0.2, 0.25) is 11.8 Å². The van der Waals surface area contributed by atoms with Crippen LogP contribution < -0.4 is 16.3 Å². The number of fused-ring (bicyclic) bond motifs is 2. The predicted octanol–water partition coefficient (Wildman–Crippen LogP) is 5.49. The highest BCUT2D eigenvalue weighted by Gasteiger charge is 2.27. The number of aliphatic carboxylic acids is 1. The minimum atomic E-state index is -1.15. The Balaban J connectivity index is 1.49. The first-order chi connectivity index (χ1) is 20.5. The Kier molecular flexibility index (Phi) is 10.3. The molecule has 0 aliphatic rings. The number of nitrogens with one attached hydrogen (secondary N) is 2. The molecule has 1 unspecified atom stereocenters. The second-order valence-corrected chi connectivity index (χ2v) is 11.9. The van der Waals surface area contributed by atoms with E-state index >= 15 is 0 Å². The van der Waals surface area contributed by atoms with E-state index in [0.29, 0.717) is 46.3 Å². The fourth-order valence-electron chi connectivity index (χ4n) is 5.10. The molecule has 2 aromatic carbocycles. The van der Waals surface area contributed by atoms with Crippen LogP contribution in [0.3, 0.4) is 0 Å². The Hall–Kier alpha value is -4.05. The fraction of sp³-hybridized carbons (Fsp3) is 0.394. The number of hydrogen-bond acceptors (Lipinski definition) is 7. The average molecular weight is 607 g/mol. The number of carbonyl (C=O) groups is 3. The van der Waals surface area contributed by atoms with E-state index < -0.39 is 35.5 Å². The van der Waals surface area contributed by atoms with Gasteiger partial charge in [-0.1, -0.05) is 50.1 Å². The van der Waals surface area contributed by atoms with Crippen molar-refractivity contribution in [3.8, 4) is 0 Å². The van der Waals surface area contributed by atoms with Crippen LogP contribution in [0.1, 0.15) is 59.8 Å². The number of unbranched alkanes of at least 4 members (excludes halogenated alkanes) is 1. The van der Waals surface area contributed by atoms with Crippen molar-refractivity contribution in [2.24, 2.45) is 0 Å². The van der Waals surface area contributed by atoms with Crippen LogP contribution in [0.2, 0.25) is 0 Å². The molecule has 10 heteroatoms. The van der Waals surface area contributed by atoms with Crippen molar-refractivity contribution in [1.82, 2.24) is 10.6 Å². The van der Waals surface area contributed by atoms with E-state index in [9.17, 15) is 24.3 Å². The number of carbonyl (C=O) groups excluding carboxylic acids is 2. The molecule has 0 aliphatic carbocycles. The zero-order valence-corrected chi connectivity index (χ0v) is 26.0. The molecule has 0 bridgehead atoms. The number of carboxylic acid groups (broad SMARTS) is 1. The second kappa shape index (κ2) is 13.9. The van der Waals surface area contributed by atoms with Crippen molar-refractivity contribution in [3.05, 3.63) is 80.4 Å². The molecule has 0 radical (unpaired) electrons. The third kappa shape index (κ3) is 7.30. The summed E-state index contributed by atoms with van der Waals surface area (Å²) in [6, 6.07) is 9.51. The zero-order chi connectivity index (χ0) is 31.3. The van der Waals surface area contributed by atoms with E-state index in [2.05, 4.69) is 10.6 Å². The second-order valence-electron chi connectivity index (χ2n) is 10.9. The van der Waals surface area contributed by atoms with Crippen molar-refractivity contribution < 1.29 is 28.3 Å².